The van der Waals surface area contributed by atoms with Crippen molar-refractivity contribution in [3.05, 3.63) is 183 Å². The van der Waals surface area contributed by atoms with Crippen LogP contribution in [0.15, 0.2) is 82.4 Å². The first kappa shape index (κ1) is 48.0. The summed E-state index contributed by atoms with van der Waals surface area (Å²) in [5.41, 5.74) is 2.33. The van der Waals surface area contributed by atoms with Crippen molar-refractivity contribution in [1.82, 2.24) is 19.6 Å². The number of aliphatic hydroxyl groups is 1. The van der Waals surface area contributed by atoms with E-state index in [1.54, 1.807) is 19.9 Å². The molecule has 0 aliphatic carbocycles. The van der Waals surface area contributed by atoms with E-state index >= 15 is 8.78 Å². The summed E-state index contributed by atoms with van der Waals surface area (Å²) in [4.78, 5) is 30.2. The zero-order valence-corrected chi connectivity index (χ0v) is 32.7. The molecule has 0 unspecified atom stereocenters. The van der Waals surface area contributed by atoms with E-state index in [2.05, 4.69) is 19.9 Å². The van der Waals surface area contributed by atoms with E-state index in [1.165, 1.54) is 78.5 Å². The van der Waals surface area contributed by atoms with Gasteiger partial charge in [0.2, 0.25) is 0 Å². The molecule has 0 atom stereocenters. The normalized spacial score (nSPS) is 9.97. The molecule has 0 aliphatic rings. The fraction of sp³-hybridized carbons (Fsp3) is 0.182. The molecule has 0 aliphatic heterocycles. The molecule has 0 fully saturated rings. The van der Waals surface area contributed by atoms with E-state index in [-0.39, 0.29) is 99.9 Å². The molecule has 17 heteroatoms. The summed E-state index contributed by atoms with van der Waals surface area (Å²) < 4.78 is 43.5. The summed E-state index contributed by atoms with van der Waals surface area (Å²) in [5.74, 6) is -1.66. The van der Waals surface area contributed by atoms with Crippen LogP contribution >= 0.6 is 23.2 Å². The molecule has 1 N–H and O–H groups in total. The molecule has 2 aromatic heterocycles. The highest BCUT2D eigenvalue weighted by molar-refractivity contribution is 6.32. The first-order valence-corrected chi connectivity index (χ1v) is 17.8. The van der Waals surface area contributed by atoms with Gasteiger partial charge in [-0.25, -0.2) is 27.8 Å². The average Bonchev–Trinajstić information content (AvgIpc) is 3.23. The molecule has 13 nitrogen and oxygen atoms in total. The van der Waals surface area contributed by atoms with E-state index in [4.69, 9.17) is 56.3 Å². The van der Waals surface area contributed by atoms with Crippen LogP contribution in [0.1, 0.15) is 59.6 Å². The van der Waals surface area contributed by atoms with Gasteiger partial charge >= 0.3 is 0 Å². The van der Waals surface area contributed by atoms with Crippen molar-refractivity contribution in [3.63, 3.8) is 0 Å². The van der Waals surface area contributed by atoms with Crippen LogP contribution in [0.3, 0.4) is 0 Å². The number of aliphatic hydroxyl groups excluding tert-OH is 1. The SMILES string of the molecule is C.C.[C-]#[N+]c1cc(C#N)cc(Oc2c(Cl)ccc(Cc3cc(C)c(=O)n(C)n3)c2F)c1.[C-]#[N+]c1cc(C#N)cc(Oc2c(Cl)ccc(Cc3cc(C)c(=O)n(CO)n3)c2F)c1. The summed E-state index contributed by atoms with van der Waals surface area (Å²) >= 11 is 12.2. The molecular weight excluding hydrogens is 829 g/mol. The molecule has 4 aromatic carbocycles. The molecular formula is C44H36Cl2F2N8O5. The van der Waals surface area contributed by atoms with E-state index in [1.807, 2.05) is 12.1 Å². The Labute approximate surface area is 360 Å². The third kappa shape index (κ3) is 11.4. The quantitative estimate of drug-likeness (QED) is 0.139. The zero-order chi connectivity index (χ0) is 43.0. The molecule has 2 heterocycles. The maximum Gasteiger partial charge on any atom is 0.271 e. The van der Waals surface area contributed by atoms with Crippen LogP contribution in [0, 0.1) is 61.3 Å². The molecule has 0 saturated carbocycles. The minimum atomic E-state index is -0.740. The molecule has 0 bridgehead atoms. The molecule has 61 heavy (non-hydrogen) atoms. The van der Waals surface area contributed by atoms with E-state index < -0.39 is 23.9 Å². The fourth-order valence-electron chi connectivity index (χ4n) is 5.62. The minimum absolute atomic E-state index is 0. The van der Waals surface area contributed by atoms with Gasteiger partial charge in [0.05, 0.1) is 46.7 Å². The standard InChI is InChI=1S/C21H14ClFN4O3.C21H14ClFN4O2.2CH4/c1-12-5-16(26-27(11-28)21(12)29)8-14-3-4-18(22)20(19(14)23)30-17-7-13(10-24)6-15(9-17)25-2;1-12-6-16(26-27(3)21(12)28)9-14-4-5-18(22)20(19(14)23)29-17-8-13(11-24)7-15(10-17)25-2;;/h3-7,9,28H,8,11H2,1H3;4-8,10H,9H2,1,3H3;2*1H4. The summed E-state index contributed by atoms with van der Waals surface area (Å²) in [7, 11) is 1.53. The van der Waals surface area contributed by atoms with Gasteiger partial charge in [0.15, 0.2) is 34.5 Å². The van der Waals surface area contributed by atoms with Crippen molar-refractivity contribution >= 4 is 34.6 Å². The summed E-state index contributed by atoms with van der Waals surface area (Å²) in [6.45, 7) is 16.9. The van der Waals surface area contributed by atoms with Gasteiger partial charge in [-0.3, -0.25) is 9.59 Å². The van der Waals surface area contributed by atoms with Crippen LogP contribution in [-0.4, -0.2) is 24.7 Å². The van der Waals surface area contributed by atoms with Gasteiger partial charge < -0.3 is 14.6 Å². The maximum absolute atomic E-state index is 15.2. The van der Waals surface area contributed by atoms with Crippen molar-refractivity contribution in [2.45, 2.75) is 48.3 Å². The molecule has 6 rings (SSSR count). The Morgan fingerprint density at radius 3 is 1.54 bits per heavy atom. The van der Waals surface area contributed by atoms with Crippen LogP contribution in [0.25, 0.3) is 9.69 Å². The van der Waals surface area contributed by atoms with Crippen molar-refractivity contribution in [1.29, 1.82) is 10.5 Å². The van der Waals surface area contributed by atoms with Gasteiger partial charge in [-0.2, -0.15) is 20.7 Å². The zero-order valence-electron chi connectivity index (χ0n) is 31.2. The number of aromatic nitrogens is 4. The molecule has 6 aromatic rings. The van der Waals surface area contributed by atoms with Crippen molar-refractivity contribution < 1.29 is 23.4 Å². The highest BCUT2D eigenvalue weighted by Crippen LogP contribution is 2.38. The van der Waals surface area contributed by atoms with Crippen LogP contribution in [0.2, 0.25) is 10.0 Å². The lowest BCUT2D eigenvalue weighted by Crippen LogP contribution is -2.26. The smallest absolute Gasteiger partial charge is 0.271 e. The van der Waals surface area contributed by atoms with Gasteiger partial charge in [0.25, 0.3) is 11.1 Å². The molecule has 310 valence electrons. The number of rotatable bonds is 9. The Morgan fingerprint density at radius 1 is 0.721 bits per heavy atom. The summed E-state index contributed by atoms with van der Waals surface area (Å²) in [5, 5.41) is 35.7. The number of aryl methyl sites for hydroxylation is 3. The Kier molecular flexibility index (Phi) is 16.5. The second kappa shape index (κ2) is 21.0. The van der Waals surface area contributed by atoms with E-state index in [9.17, 15) is 14.7 Å². The lowest BCUT2D eigenvalue weighted by atomic mass is 10.1. The number of benzene rings is 4. The fourth-order valence-corrected chi connectivity index (χ4v) is 5.99. The second-order valence-electron chi connectivity index (χ2n) is 12.6. The third-order valence-electron chi connectivity index (χ3n) is 8.37. The van der Waals surface area contributed by atoms with Gasteiger partial charge in [-0.1, -0.05) is 50.2 Å². The van der Waals surface area contributed by atoms with E-state index in [0.29, 0.717) is 22.5 Å². The number of nitriles is 2. The lowest BCUT2D eigenvalue weighted by molar-refractivity contribution is 0.187. The predicted molar refractivity (Wildman–Crippen MR) is 227 cm³/mol. The lowest BCUT2D eigenvalue weighted by Gasteiger charge is -2.13. The Hall–Kier alpha value is -7.40. The maximum atomic E-state index is 15.2. The van der Waals surface area contributed by atoms with Crippen molar-refractivity contribution in [2.75, 3.05) is 0 Å². The van der Waals surface area contributed by atoms with Crippen LogP contribution in [-0.2, 0) is 26.6 Å². The molecule has 0 spiro atoms. The number of hydrogen-bond donors (Lipinski definition) is 1. The highest BCUT2D eigenvalue weighted by atomic mass is 35.5. The average molecular weight is 866 g/mol. The van der Waals surface area contributed by atoms with E-state index in [0.717, 1.165) is 4.68 Å². The predicted octanol–water partition coefficient (Wildman–Crippen LogP) is 10.1. The topological polar surface area (TPSA) is 165 Å². The van der Waals surface area contributed by atoms with Gasteiger partial charge in [0.1, 0.15) is 18.2 Å². The number of hydrogen-bond acceptors (Lipinski definition) is 9. The molecule has 0 amide bonds. The number of halogens is 4. The molecule has 0 saturated heterocycles. The first-order chi connectivity index (χ1) is 28.2. The van der Waals surface area contributed by atoms with Crippen molar-refractivity contribution in [3.8, 4) is 35.1 Å². The van der Waals surface area contributed by atoms with Gasteiger partial charge in [-0.05, 0) is 85.6 Å². The summed E-state index contributed by atoms with van der Waals surface area (Å²) in [6.07, 6.45) is 0.145. The molecule has 0 radical (unpaired) electrons. The second-order valence-corrected chi connectivity index (χ2v) is 13.5. The van der Waals surface area contributed by atoms with Crippen molar-refractivity contribution in [2.24, 2.45) is 7.05 Å². The van der Waals surface area contributed by atoms with Gasteiger partial charge in [-0.15, -0.1) is 0 Å². The Bertz CT molecular complexity index is 2840. The van der Waals surface area contributed by atoms with Crippen LogP contribution < -0.4 is 20.6 Å². The summed E-state index contributed by atoms with van der Waals surface area (Å²) in [6, 6.07) is 21.2. The monoisotopic (exact) mass is 864 g/mol. The first-order valence-electron chi connectivity index (χ1n) is 17.1. The van der Waals surface area contributed by atoms with Crippen LogP contribution in [0.5, 0.6) is 23.0 Å². The number of ether oxygens (including phenoxy) is 2. The van der Waals surface area contributed by atoms with Gasteiger partial charge in [0, 0.05) is 42.1 Å². The number of nitrogens with zero attached hydrogens (tertiary/aromatic N) is 8. The van der Waals surface area contributed by atoms with Crippen LogP contribution in [0.4, 0.5) is 20.2 Å². The Balaban J connectivity index is 0.000000315. The minimum Gasteiger partial charge on any atom is -0.454 e. The third-order valence-corrected chi connectivity index (χ3v) is 8.97. The largest absolute Gasteiger partial charge is 0.454 e. The highest BCUT2D eigenvalue weighted by Gasteiger charge is 2.19. The Morgan fingerprint density at radius 2 is 1.15 bits per heavy atom.